The van der Waals surface area contributed by atoms with Crippen molar-refractivity contribution in [1.29, 1.82) is 0 Å². The molecule has 0 aliphatic carbocycles. The highest BCUT2D eigenvalue weighted by Gasteiger charge is 2.36. The molecule has 2 heterocycles. The summed E-state index contributed by atoms with van der Waals surface area (Å²) >= 11 is 5.32. The van der Waals surface area contributed by atoms with Crippen LogP contribution < -0.4 is 0 Å². The molecule has 7 nitrogen and oxygen atoms in total. The van der Waals surface area contributed by atoms with Crippen LogP contribution >= 0.6 is 0 Å². The minimum atomic E-state index is -0.432. The second kappa shape index (κ2) is 4.89. The molecule has 0 saturated carbocycles. The number of hydrogen-bond donors (Lipinski definition) is 0. The predicted octanol–water partition coefficient (Wildman–Crippen LogP) is 1.02. The number of ether oxygens (including phenoxy) is 1. The molecule has 8 heteroatoms. The second-order valence-corrected chi connectivity index (χ2v) is 4.97. The highest BCUT2D eigenvalue weighted by Crippen LogP contribution is 2.23. The van der Waals surface area contributed by atoms with Crippen molar-refractivity contribution in [3.63, 3.8) is 0 Å². The smallest absolute Gasteiger partial charge is 0.269 e. The summed E-state index contributed by atoms with van der Waals surface area (Å²) in [4.78, 5) is 14.5. The molecule has 1 aromatic carbocycles. The van der Waals surface area contributed by atoms with Crippen LogP contribution in [0.4, 0.5) is 5.69 Å². The van der Waals surface area contributed by atoms with Crippen LogP contribution in [0.2, 0.25) is 0 Å². The Bertz CT molecular complexity index is 606. The zero-order chi connectivity index (χ0) is 14.2. The van der Waals surface area contributed by atoms with Crippen LogP contribution in [0.15, 0.2) is 34.4 Å². The molecule has 1 spiro atoms. The maximum atomic E-state index is 10.6. The van der Waals surface area contributed by atoms with Crippen LogP contribution in [0, 0.1) is 10.1 Å². The van der Waals surface area contributed by atoms with Gasteiger partial charge in [0.25, 0.3) is 5.69 Å². The number of rotatable bonds is 2. The Morgan fingerprint density at radius 2 is 1.90 bits per heavy atom. The van der Waals surface area contributed by atoms with Gasteiger partial charge in [-0.05, 0) is 12.1 Å². The molecule has 3 rings (SSSR count). The number of aliphatic imine (C=N–C) groups is 1. The topological polar surface area (TPSA) is 77.1 Å². The molecule has 0 unspecified atom stereocenters. The first-order valence-electron chi connectivity index (χ1n) is 6.17. The standard InChI is InChI=1S/C12H12N4O3S/c17-15(18)10-3-1-9(2-4-10)11-13-12(20)16(14-11)5-7-19-8-6-16/h1-4H,5-8H2. The van der Waals surface area contributed by atoms with Crippen LogP contribution in [0.25, 0.3) is 0 Å². The fourth-order valence-corrected chi connectivity index (χ4v) is 2.53. The molecular formula is C12H12N4O3S. The lowest BCUT2D eigenvalue weighted by Crippen LogP contribution is -2.52. The van der Waals surface area contributed by atoms with Crippen molar-refractivity contribution in [3.05, 3.63) is 39.9 Å². The molecule has 0 amide bonds. The Labute approximate surface area is 120 Å². The van der Waals surface area contributed by atoms with E-state index in [0.717, 1.165) is 5.56 Å². The number of quaternary nitrogens is 1. The number of nitro benzene ring substituents is 1. The summed E-state index contributed by atoms with van der Waals surface area (Å²) in [5.74, 6) is 0.534. The summed E-state index contributed by atoms with van der Waals surface area (Å²) in [6, 6.07) is 6.17. The third-order valence-corrected chi connectivity index (χ3v) is 3.82. The van der Waals surface area contributed by atoms with E-state index < -0.39 is 4.92 Å². The molecule has 0 N–H and O–H groups in total. The first kappa shape index (κ1) is 13.1. The molecule has 1 fully saturated rings. The number of non-ortho nitro benzene ring substituents is 1. The van der Waals surface area contributed by atoms with E-state index in [1.807, 2.05) is 0 Å². The van der Waals surface area contributed by atoms with E-state index in [9.17, 15) is 10.1 Å². The van der Waals surface area contributed by atoms with Gasteiger partial charge in [0.05, 0.1) is 18.1 Å². The molecule has 1 saturated heterocycles. The van der Waals surface area contributed by atoms with E-state index in [0.29, 0.717) is 41.9 Å². The van der Waals surface area contributed by atoms with Gasteiger partial charge >= 0.3 is 0 Å². The van der Waals surface area contributed by atoms with E-state index in [1.54, 1.807) is 12.1 Å². The van der Waals surface area contributed by atoms with Gasteiger partial charge in [-0.2, -0.15) is 9.58 Å². The minimum absolute atomic E-state index is 0.0465. The van der Waals surface area contributed by atoms with Crippen molar-refractivity contribution < 1.29 is 14.3 Å². The SMILES string of the molecule is O=[N+]([O-])c1ccc(C2=N[N+]3(CCOCC3)C([S-])=N2)cc1. The summed E-state index contributed by atoms with van der Waals surface area (Å²) in [5.41, 5.74) is 0.782. The van der Waals surface area contributed by atoms with Gasteiger partial charge in [-0.25, -0.2) is 0 Å². The minimum Gasteiger partial charge on any atom is -0.697 e. The van der Waals surface area contributed by atoms with Gasteiger partial charge in [-0.15, -0.1) is 0 Å². The summed E-state index contributed by atoms with van der Waals surface area (Å²) in [6.45, 7) is 2.57. The Hall–Kier alpha value is -1.90. The fourth-order valence-electron chi connectivity index (χ4n) is 2.22. The first-order chi connectivity index (χ1) is 9.61. The number of nitrogens with zero attached hydrogens (tertiary/aromatic N) is 4. The molecule has 0 atom stereocenters. The highest BCUT2D eigenvalue weighted by molar-refractivity contribution is 7.76. The lowest BCUT2D eigenvalue weighted by atomic mass is 10.2. The molecular weight excluding hydrogens is 280 g/mol. The molecule has 20 heavy (non-hydrogen) atoms. The average molecular weight is 292 g/mol. The number of amidine groups is 2. The molecule has 0 bridgehead atoms. The molecule has 2 aliphatic rings. The zero-order valence-electron chi connectivity index (χ0n) is 10.6. The third kappa shape index (κ3) is 2.17. The predicted molar refractivity (Wildman–Crippen MR) is 75.2 cm³/mol. The van der Waals surface area contributed by atoms with Gasteiger partial charge in [0, 0.05) is 17.7 Å². The van der Waals surface area contributed by atoms with Crippen LogP contribution in [0.5, 0.6) is 0 Å². The van der Waals surface area contributed by atoms with E-state index in [2.05, 4.69) is 10.1 Å². The van der Waals surface area contributed by atoms with Gasteiger partial charge in [0.2, 0.25) is 5.84 Å². The zero-order valence-corrected chi connectivity index (χ0v) is 11.4. The average Bonchev–Trinajstić information content (AvgIpc) is 2.77. The summed E-state index contributed by atoms with van der Waals surface area (Å²) in [7, 11) is 0. The number of morpholine rings is 1. The van der Waals surface area contributed by atoms with Crippen molar-refractivity contribution in [3.8, 4) is 0 Å². The van der Waals surface area contributed by atoms with Gasteiger partial charge in [-0.1, -0.05) is 5.10 Å². The Morgan fingerprint density at radius 1 is 1.25 bits per heavy atom. The van der Waals surface area contributed by atoms with Gasteiger partial charge in [-0.3, -0.25) is 10.1 Å². The number of nitro groups is 1. The Balaban J connectivity index is 1.91. The van der Waals surface area contributed by atoms with Crippen molar-refractivity contribution in [2.75, 3.05) is 26.3 Å². The van der Waals surface area contributed by atoms with Crippen LogP contribution in [-0.4, -0.2) is 46.8 Å². The first-order valence-corrected chi connectivity index (χ1v) is 6.58. The maximum absolute atomic E-state index is 10.6. The second-order valence-electron chi connectivity index (χ2n) is 4.60. The van der Waals surface area contributed by atoms with Crippen molar-refractivity contribution in [2.24, 2.45) is 10.1 Å². The fraction of sp³-hybridized carbons (Fsp3) is 0.333. The van der Waals surface area contributed by atoms with Crippen molar-refractivity contribution in [2.45, 2.75) is 0 Å². The van der Waals surface area contributed by atoms with Gasteiger partial charge in [0.15, 0.2) is 0 Å². The summed E-state index contributed by atoms with van der Waals surface area (Å²) < 4.78 is 5.63. The van der Waals surface area contributed by atoms with Crippen molar-refractivity contribution >= 4 is 29.3 Å². The van der Waals surface area contributed by atoms with Crippen molar-refractivity contribution in [1.82, 2.24) is 0 Å². The van der Waals surface area contributed by atoms with Crippen LogP contribution in [-0.2, 0) is 17.4 Å². The molecule has 2 aliphatic heterocycles. The lowest BCUT2D eigenvalue weighted by Gasteiger charge is -2.35. The number of hydrogen-bond acceptors (Lipinski definition) is 6. The monoisotopic (exact) mass is 292 g/mol. The summed E-state index contributed by atoms with van der Waals surface area (Å²) in [5, 5.41) is 15.8. The van der Waals surface area contributed by atoms with E-state index in [1.165, 1.54) is 12.1 Å². The lowest BCUT2D eigenvalue weighted by molar-refractivity contribution is -0.851. The van der Waals surface area contributed by atoms with Crippen LogP contribution in [0.3, 0.4) is 0 Å². The largest absolute Gasteiger partial charge is 0.697 e. The normalized spacial score (nSPS) is 20.6. The van der Waals surface area contributed by atoms with E-state index in [-0.39, 0.29) is 5.69 Å². The van der Waals surface area contributed by atoms with E-state index >= 15 is 0 Å². The Morgan fingerprint density at radius 3 is 2.50 bits per heavy atom. The van der Waals surface area contributed by atoms with Gasteiger partial charge < -0.3 is 17.4 Å². The third-order valence-electron chi connectivity index (χ3n) is 3.39. The van der Waals surface area contributed by atoms with Crippen LogP contribution in [0.1, 0.15) is 5.56 Å². The summed E-state index contributed by atoms with van der Waals surface area (Å²) in [6.07, 6.45) is 0. The molecule has 0 aromatic heterocycles. The maximum Gasteiger partial charge on any atom is 0.269 e. The highest BCUT2D eigenvalue weighted by atomic mass is 32.1. The molecule has 0 radical (unpaired) electrons. The molecule has 104 valence electrons. The van der Waals surface area contributed by atoms with E-state index in [4.69, 9.17) is 17.4 Å². The quantitative estimate of drug-likeness (QED) is 0.353. The van der Waals surface area contributed by atoms with Gasteiger partial charge in [0.1, 0.15) is 18.3 Å². The molecule has 1 aromatic rings. The number of benzene rings is 1. The Kier molecular flexibility index (Phi) is 3.20.